The normalized spacial score (nSPS) is 11.0. The lowest BCUT2D eigenvalue weighted by atomic mass is 10.2. The lowest BCUT2D eigenvalue weighted by Gasteiger charge is -2.10. The van der Waals surface area contributed by atoms with Crippen LogP contribution in [0.3, 0.4) is 0 Å². The van der Waals surface area contributed by atoms with Crippen molar-refractivity contribution in [1.29, 1.82) is 0 Å². The van der Waals surface area contributed by atoms with Gasteiger partial charge < -0.3 is 10.6 Å². The maximum absolute atomic E-state index is 12.9. The predicted octanol–water partition coefficient (Wildman–Crippen LogP) is 3.51. The molecule has 1 aromatic carbocycles. The molecule has 1 aromatic heterocycles. The Morgan fingerprint density at radius 2 is 2.00 bits per heavy atom. The van der Waals surface area contributed by atoms with Gasteiger partial charge in [-0.2, -0.15) is 0 Å². The van der Waals surface area contributed by atoms with Crippen LogP contribution in [-0.4, -0.2) is 24.0 Å². The van der Waals surface area contributed by atoms with Crippen LogP contribution in [0.5, 0.6) is 0 Å². The molecule has 0 saturated carbocycles. The van der Waals surface area contributed by atoms with Crippen molar-refractivity contribution in [3.8, 4) is 0 Å². The van der Waals surface area contributed by atoms with Crippen molar-refractivity contribution in [3.05, 3.63) is 51.7 Å². The van der Waals surface area contributed by atoms with Gasteiger partial charge in [-0.15, -0.1) is 35.3 Å². The Morgan fingerprint density at radius 3 is 2.61 bits per heavy atom. The summed E-state index contributed by atoms with van der Waals surface area (Å²) < 4.78 is 12.9. The van der Waals surface area contributed by atoms with E-state index in [-0.39, 0.29) is 29.8 Å². The molecule has 126 valence electrons. The Bertz CT molecular complexity index is 613. The Kier molecular flexibility index (Phi) is 9.08. The van der Waals surface area contributed by atoms with Crippen molar-refractivity contribution in [2.24, 2.45) is 4.99 Å². The topological polar surface area (TPSA) is 49.3 Å². The molecule has 0 aliphatic carbocycles. The van der Waals surface area contributed by atoms with Crippen molar-refractivity contribution < 1.29 is 4.39 Å². The number of rotatable bonds is 6. The lowest BCUT2D eigenvalue weighted by Crippen LogP contribution is -2.38. The molecule has 1 heterocycles. The summed E-state index contributed by atoms with van der Waals surface area (Å²) in [6.45, 7) is 6.13. The molecule has 0 aliphatic rings. The Morgan fingerprint density at radius 1 is 1.26 bits per heavy atom. The molecule has 2 rings (SSSR count). The molecule has 0 aliphatic heterocycles. The molecule has 4 nitrogen and oxygen atoms in total. The standard InChI is InChI=1S/C16H21FN4S.HI/c1-3-18-16(19-9-8-15-11-22-12(2)21-15)20-10-13-4-6-14(17)7-5-13;/h4-7,11H,3,8-10H2,1-2H3,(H2,18,19,20);1H. The second kappa shape index (κ2) is 10.5. The Hall–Kier alpha value is -1.22. The van der Waals surface area contributed by atoms with Crippen LogP contribution in [0.4, 0.5) is 4.39 Å². The van der Waals surface area contributed by atoms with E-state index >= 15 is 0 Å². The minimum absolute atomic E-state index is 0. The van der Waals surface area contributed by atoms with E-state index < -0.39 is 0 Å². The number of nitrogens with zero attached hydrogens (tertiary/aromatic N) is 2. The van der Waals surface area contributed by atoms with Gasteiger partial charge >= 0.3 is 0 Å². The molecule has 0 fully saturated rings. The summed E-state index contributed by atoms with van der Waals surface area (Å²) in [6, 6.07) is 6.41. The quantitative estimate of drug-likeness (QED) is 0.404. The van der Waals surface area contributed by atoms with E-state index in [0.29, 0.717) is 6.54 Å². The van der Waals surface area contributed by atoms with Crippen molar-refractivity contribution in [2.75, 3.05) is 13.1 Å². The van der Waals surface area contributed by atoms with Crippen molar-refractivity contribution in [2.45, 2.75) is 26.8 Å². The van der Waals surface area contributed by atoms with Crippen LogP contribution in [0.1, 0.15) is 23.2 Å². The number of aromatic nitrogens is 1. The van der Waals surface area contributed by atoms with Gasteiger partial charge in [-0.25, -0.2) is 14.4 Å². The number of thiazole rings is 1. The zero-order valence-electron chi connectivity index (χ0n) is 13.3. The van der Waals surface area contributed by atoms with E-state index in [0.717, 1.165) is 41.7 Å². The number of nitrogens with one attached hydrogen (secondary N) is 2. The SMILES string of the molecule is CCNC(=NCc1ccc(F)cc1)NCCc1csc(C)n1.I. The van der Waals surface area contributed by atoms with Gasteiger partial charge in [0.25, 0.3) is 0 Å². The molecule has 7 heteroatoms. The van der Waals surface area contributed by atoms with Crippen LogP contribution < -0.4 is 10.6 Å². The summed E-state index contributed by atoms with van der Waals surface area (Å²) in [6.07, 6.45) is 0.866. The predicted molar refractivity (Wildman–Crippen MR) is 105 cm³/mol. The van der Waals surface area contributed by atoms with Gasteiger partial charge in [-0.1, -0.05) is 12.1 Å². The fourth-order valence-electron chi connectivity index (χ4n) is 1.93. The molecular weight excluding hydrogens is 426 g/mol. The first-order valence-electron chi connectivity index (χ1n) is 7.35. The molecule has 0 amide bonds. The summed E-state index contributed by atoms with van der Waals surface area (Å²) in [5.41, 5.74) is 2.08. The van der Waals surface area contributed by atoms with Gasteiger partial charge in [0, 0.05) is 24.9 Å². The molecule has 0 atom stereocenters. The highest BCUT2D eigenvalue weighted by molar-refractivity contribution is 14.0. The fourth-order valence-corrected chi connectivity index (χ4v) is 2.58. The number of hydrogen-bond acceptors (Lipinski definition) is 3. The van der Waals surface area contributed by atoms with Crippen LogP contribution in [0.25, 0.3) is 0 Å². The van der Waals surface area contributed by atoms with E-state index in [2.05, 4.69) is 26.0 Å². The van der Waals surface area contributed by atoms with Crippen LogP contribution in [0, 0.1) is 12.7 Å². The van der Waals surface area contributed by atoms with Crippen LogP contribution >= 0.6 is 35.3 Å². The van der Waals surface area contributed by atoms with Gasteiger partial charge in [0.2, 0.25) is 0 Å². The first-order valence-corrected chi connectivity index (χ1v) is 8.23. The highest BCUT2D eigenvalue weighted by Crippen LogP contribution is 2.07. The largest absolute Gasteiger partial charge is 0.357 e. The van der Waals surface area contributed by atoms with Crippen molar-refractivity contribution >= 4 is 41.3 Å². The molecule has 23 heavy (non-hydrogen) atoms. The Labute approximate surface area is 157 Å². The van der Waals surface area contributed by atoms with E-state index in [1.165, 1.54) is 12.1 Å². The zero-order chi connectivity index (χ0) is 15.8. The van der Waals surface area contributed by atoms with Gasteiger partial charge in [0.05, 0.1) is 17.2 Å². The Balaban J connectivity index is 0.00000264. The number of aliphatic imine (C=N–C) groups is 1. The summed E-state index contributed by atoms with van der Waals surface area (Å²) in [7, 11) is 0. The molecule has 0 bridgehead atoms. The highest BCUT2D eigenvalue weighted by Gasteiger charge is 2.01. The van der Waals surface area contributed by atoms with Gasteiger partial charge in [0.1, 0.15) is 5.82 Å². The van der Waals surface area contributed by atoms with Crippen molar-refractivity contribution in [1.82, 2.24) is 15.6 Å². The van der Waals surface area contributed by atoms with Gasteiger partial charge in [0.15, 0.2) is 5.96 Å². The van der Waals surface area contributed by atoms with Gasteiger partial charge in [-0.05, 0) is 31.5 Å². The highest BCUT2D eigenvalue weighted by atomic mass is 127. The average Bonchev–Trinajstić information content (AvgIpc) is 2.92. The van der Waals surface area contributed by atoms with Crippen LogP contribution in [0.2, 0.25) is 0 Å². The first kappa shape index (κ1) is 19.8. The molecule has 2 N–H and O–H groups in total. The summed E-state index contributed by atoms with van der Waals surface area (Å²) >= 11 is 1.67. The number of aryl methyl sites for hydroxylation is 1. The average molecular weight is 448 g/mol. The number of hydrogen-bond donors (Lipinski definition) is 2. The third-order valence-corrected chi connectivity index (χ3v) is 3.84. The van der Waals surface area contributed by atoms with E-state index in [1.807, 2.05) is 13.8 Å². The maximum atomic E-state index is 12.9. The molecule has 0 radical (unpaired) electrons. The summed E-state index contributed by atoms with van der Waals surface area (Å²) in [4.78, 5) is 8.94. The minimum Gasteiger partial charge on any atom is -0.357 e. The van der Waals surface area contributed by atoms with Crippen LogP contribution in [-0.2, 0) is 13.0 Å². The molecule has 0 unspecified atom stereocenters. The summed E-state index contributed by atoms with van der Waals surface area (Å²) in [5, 5.41) is 9.66. The van der Waals surface area contributed by atoms with E-state index in [4.69, 9.17) is 0 Å². The van der Waals surface area contributed by atoms with Gasteiger partial charge in [-0.3, -0.25) is 0 Å². The smallest absolute Gasteiger partial charge is 0.191 e. The van der Waals surface area contributed by atoms with E-state index in [9.17, 15) is 4.39 Å². The number of benzene rings is 1. The summed E-state index contributed by atoms with van der Waals surface area (Å²) in [5.74, 6) is 0.537. The number of guanidine groups is 1. The van der Waals surface area contributed by atoms with Crippen LogP contribution in [0.15, 0.2) is 34.6 Å². The third-order valence-electron chi connectivity index (χ3n) is 3.02. The van der Waals surface area contributed by atoms with Crippen molar-refractivity contribution in [3.63, 3.8) is 0 Å². The first-order chi connectivity index (χ1) is 10.7. The fraction of sp³-hybridized carbons (Fsp3) is 0.375. The third kappa shape index (κ3) is 7.26. The number of halogens is 2. The molecule has 0 saturated heterocycles. The second-order valence-corrected chi connectivity index (χ2v) is 5.92. The second-order valence-electron chi connectivity index (χ2n) is 4.86. The minimum atomic E-state index is -0.226. The molecule has 0 spiro atoms. The molecular formula is C16H22FIN4S. The monoisotopic (exact) mass is 448 g/mol. The maximum Gasteiger partial charge on any atom is 0.191 e. The molecule has 2 aromatic rings. The lowest BCUT2D eigenvalue weighted by molar-refractivity contribution is 0.627. The van der Waals surface area contributed by atoms with E-state index in [1.54, 1.807) is 23.5 Å². The zero-order valence-corrected chi connectivity index (χ0v) is 16.5.